The molecule has 9 heteroatoms. The van der Waals surface area contributed by atoms with Gasteiger partial charge in [0.2, 0.25) is 5.96 Å². The Hall–Kier alpha value is -2.16. The number of para-hydroxylation sites is 1. The lowest BCUT2D eigenvalue weighted by Gasteiger charge is -2.09. The summed E-state index contributed by atoms with van der Waals surface area (Å²) in [6.45, 7) is 0. The Bertz CT molecular complexity index is 490. The standard InChI is InChI=1S/C8H8BrN5O3/c9-4-2-1-3-5(14(16)17)6(4)12-7(10)13-8(11)15/h1-3H,(H5,10,11,12,13,15). The van der Waals surface area contributed by atoms with E-state index in [4.69, 9.17) is 11.1 Å². The van der Waals surface area contributed by atoms with Crippen LogP contribution in [-0.2, 0) is 0 Å². The first-order chi connectivity index (χ1) is 7.91. The van der Waals surface area contributed by atoms with Gasteiger partial charge in [-0.15, -0.1) is 0 Å². The number of rotatable bonds is 2. The molecule has 1 aromatic rings. The van der Waals surface area contributed by atoms with Gasteiger partial charge >= 0.3 is 6.03 Å². The lowest BCUT2D eigenvalue weighted by Crippen LogP contribution is -2.38. The van der Waals surface area contributed by atoms with E-state index in [1.54, 1.807) is 6.07 Å². The van der Waals surface area contributed by atoms with E-state index in [0.717, 1.165) is 0 Å². The molecule has 0 atom stereocenters. The summed E-state index contributed by atoms with van der Waals surface area (Å²) in [5, 5.41) is 22.4. The van der Waals surface area contributed by atoms with Gasteiger partial charge in [0.15, 0.2) is 0 Å². The lowest BCUT2D eigenvalue weighted by atomic mass is 10.3. The average Bonchev–Trinajstić information content (AvgIpc) is 2.19. The number of carbonyl (C=O) groups excluding carboxylic acids is 1. The number of halogens is 1. The van der Waals surface area contributed by atoms with Crippen molar-refractivity contribution in [3.63, 3.8) is 0 Å². The highest BCUT2D eigenvalue weighted by Crippen LogP contribution is 2.31. The van der Waals surface area contributed by atoms with Crippen LogP contribution in [0.4, 0.5) is 16.2 Å². The number of nitro groups is 1. The van der Waals surface area contributed by atoms with Crippen LogP contribution in [-0.4, -0.2) is 16.9 Å². The van der Waals surface area contributed by atoms with Crippen molar-refractivity contribution >= 4 is 39.3 Å². The summed E-state index contributed by atoms with van der Waals surface area (Å²) in [5.41, 5.74) is 4.65. The molecule has 5 N–H and O–H groups in total. The Balaban J connectivity index is 3.01. The molecule has 0 spiro atoms. The van der Waals surface area contributed by atoms with Crippen LogP contribution in [0.5, 0.6) is 0 Å². The van der Waals surface area contributed by atoms with E-state index >= 15 is 0 Å². The van der Waals surface area contributed by atoms with Gasteiger partial charge in [0.25, 0.3) is 5.69 Å². The van der Waals surface area contributed by atoms with E-state index in [-0.39, 0.29) is 11.4 Å². The molecular weight excluding hydrogens is 294 g/mol. The fraction of sp³-hybridized carbons (Fsp3) is 0. The van der Waals surface area contributed by atoms with Gasteiger partial charge in [-0.1, -0.05) is 6.07 Å². The Morgan fingerprint density at radius 3 is 2.71 bits per heavy atom. The lowest BCUT2D eigenvalue weighted by molar-refractivity contribution is -0.384. The number of anilines is 1. The van der Waals surface area contributed by atoms with Crippen molar-refractivity contribution in [2.75, 3.05) is 5.32 Å². The van der Waals surface area contributed by atoms with E-state index in [1.807, 2.05) is 5.32 Å². The smallest absolute Gasteiger partial charge is 0.318 e. The molecule has 1 rings (SSSR count). The van der Waals surface area contributed by atoms with E-state index in [2.05, 4.69) is 21.2 Å². The Morgan fingerprint density at radius 1 is 1.53 bits per heavy atom. The zero-order valence-electron chi connectivity index (χ0n) is 8.36. The number of primary amides is 1. The van der Waals surface area contributed by atoms with Crippen molar-refractivity contribution in [1.82, 2.24) is 5.32 Å². The topological polar surface area (TPSA) is 134 Å². The van der Waals surface area contributed by atoms with Crippen molar-refractivity contribution in [3.8, 4) is 0 Å². The quantitative estimate of drug-likeness (QED) is 0.284. The highest BCUT2D eigenvalue weighted by atomic mass is 79.9. The normalized spacial score (nSPS) is 9.47. The maximum absolute atomic E-state index is 10.7. The summed E-state index contributed by atoms with van der Waals surface area (Å²) in [6, 6.07) is 3.38. The molecule has 0 aromatic heterocycles. The predicted molar refractivity (Wildman–Crippen MR) is 64.9 cm³/mol. The number of hydrogen-bond acceptors (Lipinski definition) is 4. The highest BCUT2D eigenvalue weighted by molar-refractivity contribution is 9.10. The van der Waals surface area contributed by atoms with Crippen molar-refractivity contribution < 1.29 is 9.72 Å². The van der Waals surface area contributed by atoms with Crippen LogP contribution in [0.2, 0.25) is 0 Å². The molecule has 0 saturated heterocycles. The summed E-state index contributed by atoms with van der Waals surface area (Å²) in [7, 11) is 0. The van der Waals surface area contributed by atoms with Gasteiger partial charge in [0.05, 0.1) is 4.92 Å². The van der Waals surface area contributed by atoms with Crippen molar-refractivity contribution in [1.29, 1.82) is 5.41 Å². The van der Waals surface area contributed by atoms with E-state index < -0.39 is 16.9 Å². The second kappa shape index (κ2) is 5.25. The van der Waals surface area contributed by atoms with Gasteiger partial charge in [-0.2, -0.15) is 0 Å². The first-order valence-electron chi connectivity index (χ1n) is 4.26. The number of nitro benzene ring substituents is 1. The Morgan fingerprint density at radius 2 is 2.18 bits per heavy atom. The minimum absolute atomic E-state index is 0.0660. The molecule has 17 heavy (non-hydrogen) atoms. The zero-order chi connectivity index (χ0) is 13.0. The van der Waals surface area contributed by atoms with Crippen molar-refractivity contribution in [2.24, 2.45) is 5.73 Å². The number of guanidine groups is 1. The van der Waals surface area contributed by atoms with Gasteiger partial charge < -0.3 is 11.1 Å². The van der Waals surface area contributed by atoms with Crippen LogP contribution in [0, 0.1) is 15.5 Å². The number of nitrogens with one attached hydrogen (secondary N) is 3. The van der Waals surface area contributed by atoms with Crippen LogP contribution < -0.4 is 16.4 Å². The van der Waals surface area contributed by atoms with Gasteiger partial charge in [0.1, 0.15) is 5.69 Å². The molecule has 0 radical (unpaired) electrons. The first kappa shape index (κ1) is 12.9. The van der Waals surface area contributed by atoms with Gasteiger partial charge in [-0.05, 0) is 22.0 Å². The molecule has 0 saturated carbocycles. The minimum Gasteiger partial charge on any atom is -0.351 e. The molecular formula is C8H8BrN5O3. The fourth-order valence-corrected chi connectivity index (χ4v) is 1.52. The van der Waals surface area contributed by atoms with Crippen LogP contribution in [0.15, 0.2) is 22.7 Å². The monoisotopic (exact) mass is 301 g/mol. The molecule has 0 fully saturated rings. The maximum atomic E-state index is 10.7. The van der Waals surface area contributed by atoms with Crippen LogP contribution >= 0.6 is 15.9 Å². The summed E-state index contributed by atoms with van der Waals surface area (Å²) in [6.07, 6.45) is 0. The van der Waals surface area contributed by atoms with E-state index in [0.29, 0.717) is 4.47 Å². The fourth-order valence-electron chi connectivity index (χ4n) is 1.07. The van der Waals surface area contributed by atoms with Crippen molar-refractivity contribution in [2.45, 2.75) is 0 Å². The predicted octanol–water partition coefficient (Wildman–Crippen LogP) is 1.37. The summed E-state index contributed by atoms with van der Waals surface area (Å²) in [4.78, 5) is 20.6. The molecule has 90 valence electrons. The third-order valence-corrected chi connectivity index (χ3v) is 2.35. The van der Waals surface area contributed by atoms with E-state index in [1.165, 1.54) is 12.1 Å². The molecule has 1 aromatic carbocycles. The second-order valence-corrected chi connectivity index (χ2v) is 3.73. The number of hydrogen-bond donors (Lipinski definition) is 4. The van der Waals surface area contributed by atoms with Gasteiger partial charge in [-0.3, -0.25) is 20.8 Å². The molecule has 0 aliphatic heterocycles. The number of amides is 2. The summed E-state index contributed by atoms with van der Waals surface area (Å²) < 4.78 is 0.391. The van der Waals surface area contributed by atoms with Crippen LogP contribution in [0.1, 0.15) is 0 Å². The molecule has 0 unspecified atom stereocenters. The average molecular weight is 302 g/mol. The number of benzene rings is 1. The zero-order valence-corrected chi connectivity index (χ0v) is 9.95. The largest absolute Gasteiger partial charge is 0.351 e. The Kier molecular flexibility index (Phi) is 3.99. The highest BCUT2D eigenvalue weighted by Gasteiger charge is 2.17. The van der Waals surface area contributed by atoms with Gasteiger partial charge in [-0.25, -0.2) is 4.79 Å². The summed E-state index contributed by atoms with van der Waals surface area (Å²) >= 11 is 3.10. The van der Waals surface area contributed by atoms with E-state index in [9.17, 15) is 14.9 Å². The molecule has 0 aliphatic rings. The summed E-state index contributed by atoms with van der Waals surface area (Å²) in [5.74, 6) is -0.451. The molecule has 0 bridgehead atoms. The number of urea groups is 1. The van der Waals surface area contributed by atoms with Gasteiger partial charge in [0, 0.05) is 10.5 Å². The van der Waals surface area contributed by atoms with Crippen molar-refractivity contribution in [3.05, 3.63) is 32.8 Å². The third-order valence-electron chi connectivity index (χ3n) is 1.69. The SMILES string of the molecule is N=C(NC(N)=O)Nc1c(Br)cccc1[N+](=O)[O-]. The number of nitrogens with zero attached hydrogens (tertiary/aromatic N) is 1. The first-order valence-corrected chi connectivity index (χ1v) is 5.06. The Labute approximate surface area is 104 Å². The van der Waals surface area contributed by atoms with Crippen LogP contribution in [0.3, 0.4) is 0 Å². The molecule has 2 amide bonds. The molecule has 0 heterocycles. The molecule has 8 nitrogen and oxygen atoms in total. The second-order valence-electron chi connectivity index (χ2n) is 2.88. The maximum Gasteiger partial charge on any atom is 0.318 e. The number of nitrogens with two attached hydrogens (primary N) is 1. The molecule has 0 aliphatic carbocycles. The third kappa shape index (κ3) is 3.41. The minimum atomic E-state index is -0.933. The number of carbonyl (C=O) groups is 1. The van der Waals surface area contributed by atoms with Crippen LogP contribution in [0.25, 0.3) is 0 Å².